The van der Waals surface area contributed by atoms with Crippen molar-refractivity contribution in [2.75, 3.05) is 50.0 Å². The van der Waals surface area contributed by atoms with Crippen LogP contribution in [0.2, 0.25) is 0 Å². The molecule has 0 radical (unpaired) electrons. The van der Waals surface area contributed by atoms with Crippen LogP contribution in [0.15, 0.2) is 48.5 Å². The van der Waals surface area contributed by atoms with Crippen molar-refractivity contribution in [2.24, 2.45) is 5.92 Å². The molecule has 0 unspecified atom stereocenters. The number of hydrogen-bond donors (Lipinski definition) is 1. The summed E-state index contributed by atoms with van der Waals surface area (Å²) in [4.78, 5) is 4.77. The van der Waals surface area contributed by atoms with E-state index in [-0.39, 0.29) is 5.56 Å². The van der Waals surface area contributed by atoms with Crippen molar-refractivity contribution in [3.8, 4) is 23.0 Å². The molecule has 2 fully saturated rings. The Labute approximate surface area is 207 Å². The van der Waals surface area contributed by atoms with Crippen LogP contribution >= 0.6 is 0 Å². The monoisotopic (exact) mass is 472 g/mol. The predicted octanol–water partition coefficient (Wildman–Crippen LogP) is 5.29. The molecule has 6 nitrogen and oxygen atoms in total. The SMILES string of the molecule is CN1CCN(c2ccc(-n3nc(-c4ccc(C#N)c(F)c4)cc3NCC3CCCCC3)cc2)CC1. The van der Waals surface area contributed by atoms with Gasteiger partial charge in [0, 0.05) is 50.0 Å². The summed E-state index contributed by atoms with van der Waals surface area (Å²) < 4.78 is 16.2. The zero-order valence-electron chi connectivity index (χ0n) is 20.4. The van der Waals surface area contributed by atoms with Crippen LogP contribution in [0, 0.1) is 23.1 Å². The van der Waals surface area contributed by atoms with Crippen LogP contribution < -0.4 is 10.2 Å². The predicted molar refractivity (Wildman–Crippen MR) is 138 cm³/mol. The van der Waals surface area contributed by atoms with Gasteiger partial charge in [0.05, 0.1) is 16.9 Å². The highest BCUT2D eigenvalue weighted by Crippen LogP contribution is 2.29. The van der Waals surface area contributed by atoms with Crippen molar-refractivity contribution in [3.05, 3.63) is 59.9 Å². The van der Waals surface area contributed by atoms with Crippen molar-refractivity contribution >= 4 is 11.5 Å². The van der Waals surface area contributed by atoms with Crippen molar-refractivity contribution in [1.82, 2.24) is 14.7 Å². The number of rotatable bonds is 6. The van der Waals surface area contributed by atoms with Gasteiger partial charge in [-0.15, -0.1) is 0 Å². The number of piperazine rings is 1. The fraction of sp³-hybridized carbons (Fsp3) is 0.429. The molecule has 182 valence electrons. The van der Waals surface area contributed by atoms with Gasteiger partial charge in [0.15, 0.2) is 0 Å². The van der Waals surface area contributed by atoms with Crippen molar-refractivity contribution in [2.45, 2.75) is 32.1 Å². The molecule has 2 heterocycles. The van der Waals surface area contributed by atoms with Gasteiger partial charge in [-0.3, -0.25) is 0 Å². The van der Waals surface area contributed by atoms with Gasteiger partial charge < -0.3 is 15.1 Å². The number of hydrogen-bond acceptors (Lipinski definition) is 5. The normalized spacial score (nSPS) is 17.3. The summed E-state index contributed by atoms with van der Waals surface area (Å²) in [6.45, 7) is 5.11. The van der Waals surface area contributed by atoms with E-state index in [0.717, 1.165) is 44.2 Å². The Morgan fingerprint density at radius 3 is 2.37 bits per heavy atom. The lowest BCUT2D eigenvalue weighted by molar-refractivity contribution is 0.313. The lowest BCUT2D eigenvalue weighted by Crippen LogP contribution is -2.44. The molecule has 0 amide bonds. The van der Waals surface area contributed by atoms with E-state index in [1.165, 1.54) is 49.9 Å². The van der Waals surface area contributed by atoms with Gasteiger partial charge in [-0.1, -0.05) is 25.3 Å². The number of anilines is 2. The molecular weight excluding hydrogens is 439 g/mol. The molecular formula is C28H33FN6. The van der Waals surface area contributed by atoms with Crippen molar-refractivity contribution in [1.29, 1.82) is 5.26 Å². The highest BCUT2D eigenvalue weighted by Gasteiger charge is 2.18. The summed E-state index contributed by atoms with van der Waals surface area (Å²) in [5.41, 5.74) is 3.58. The first-order valence-electron chi connectivity index (χ1n) is 12.7. The Hall–Kier alpha value is -3.37. The molecule has 5 rings (SSSR count). The first-order chi connectivity index (χ1) is 17.1. The molecule has 2 aliphatic rings. The van der Waals surface area contributed by atoms with Crippen LogP contribution in [-0.4, -0.2) is 54.5 Å². The summed E-state index contributed by atoms with van der Waals surface area (Å²) in [7, 11) is 2.16. The molecule has 0 atom stereocenters. The van der Waals surface area contributed by atoms with E-state index in [2.05, 4.69) is 46.4 Å². The largest absolute Gasteiger partial charge is 0.370 e. The third-order valence-electron chi connectivity index (χ3n) is 7.35. The minimum absolute atomic E-state index is 0.0447. The molecule has 1 aliphatic heterocycles. The molecule has 35 heavy (non-hydrogen) atoms. The lowest BCUT2D eigenvalue weighted by Gasteiger charge is -2.34. The van der Waals surface area contributed by atoms with Crippen molar-refractivity contribution < 1.29 is 4.39 Å². The second-order valence-corrected chi connectivity index (χ2v) is 9.82. The fourth-order valence-electron chi connectivity index (χ4n) is 5.12. The average Bonchev–Trinajstić information content (AvgIpc) is 3.33. The van der Waals surface area contributed by atoms with Gasteiger partial charge in [0.25, 0.3) is 0 Å². The molecule has 0 bridgehead atoms. The van der Waals surface area contributed by atoms with Crippen LogP contribution in [0.1, 0.15) is 37.7 Å². The van der Waals surface area contributed by atoms with Crippen LogP contribution in [0.3, 0.4) is 0 Å². The van der Waals surface area contributed by atoms with Gasteiger partial charge in [-0.05, 0) is 62.2 Å². The zero-order valence-corrected chi connectivity index (χ0v) is 20.4. The molecule has 1 saturated carbocycles. The summed E-state index contributed by atoms with van der Waals surface area (Å²) in [5, 5.41) is 17.6. The van der Waals surface area contributed by atoms with Crippen LogP contribution in [0.4, 0.5) is 15.9 Å². The summed E-state index contributed by atoms with van der Waals surface area (Å²) in [6, 6.07) is 17.1. The van der Waals surface area contributed by atoms with Crippen LogP contribution in [0.5, 0.6) is 0 Å². The van der Waals surface area contributed by atoms with E-state index in [1.54, 1.807) is 6.07 Å². The quantitative estimate of drug-likeness (QED) is 0.528. The number of nitrogens with zero attached hydrogens (tertiary/aromatic N) is 5. The van der Waals surface area contributed by atoms with Gasteiger partial charge in [-0.2, -0.15) is 10.4 Å². The molecule has 2 aromatic carbocycles. The maximum absolute atomic E-state index is 14.3. The summed E-state index contributed by atoms with van der Waals surface area (Å²) >= 11 is 0. The standard InChI is InChI=1S/C28H33FN6/c1-33-13-15-34(16-14-33)24-9-11-25(12-10-24)35-28(31-20-21-5-3-2-4-6-21)18-27(32-35)22-7-8-23(19-30)26(29)17-22/h7-12,17-18,21,31H,2-6,13-16,20H2,1H3. The Balaban J connectivity index is 1.42. The minimum atomic E-state index is -0.521. The van der Waals surface area contributed by atoms with E-state index < -0.39 is 5.82 Å². The number of halogens is 1. The molecule has 7 heteroatoms. The van der Waals surface area contributed by atoms with Crippen molar-refractivity contribution in [3.63, 3.8) is 0 Å². The Morgan fingerprint density at radius 2 is 1.69 bits per heavy atom. The minimum Gasteiger partial charge on any atom is -0.370 e. The zero-order chi connectivity index (χ0) is 24.2. The molecule has 0 spiro atoms. The van der Waals surface area contributed by atoms with Crippen LogP contribution in [-0.2, 0) is 0 Å². The maximum Gasteiger partial charge on any atom is 0.141 e. The molecule has 1 aliphatic carbocycles. The van der Waals surface area contributed by atoms with E-state index in [1.807, 2.05) is 16.8 Å². The lowest BCUT2D eigenvalue weighted by atomic mass is 9.89. The molecule has 1 aromatic heterocycles. The topological polar surface area (TPSA) is 60.1 Å². The fourth-order valence-corrected chi connectivity index (χ4v) is 5.12. The summed E-state index contributed by atoms with van der Waals surface area (Å²) in [5.74, 6) is 1.05. The number of benzene rings is 2. The molecule has 3 aromatic rings. The van der Waals surface area contributed by atoms with Crippen LogP contribution in [0.25, 0.3) is 16.9 Å². The highest BCUT2D eigenvalue weighted by atomic mass is 19.1. The third-order valence-corrected chi connectivity index (χ3v) is 7.35. The van der Waals surface area contributed by atoms with E-state index in [0.29, 0.717) is 17.2 Å². The molecule has 1 N–H and O–H groups in total. The average molecular weight is 473 g/mol. The van der Waals surface area contributed by atoms with E-state index in [9.17, 15) is 4.39 Å². The Morgan fingerprint density at radius 1 is 0.971 bits per heavy atom. The molecule has 1 saturated heterocycles. The Bertz CT molecular complexity index is 1180. The van der Waals surface area contributed by atoms with E-state index >= 15 is 0 Å². The number of likely N-dealkylation sites (N-methyl/N-ethyl adjacent to an activating group) is 1. The smallest absolute Gasteiger partial charge is 0.141 e. The number of aromatic nitrogens is 2. The number of nitrogens with one attached hydrogen (secondary N) is 1. The maximum atomic E-state index is 14.3. The summed E-state index contributed by atoms with van der Waals surface area (Å²) in [6.07, 6.45) is 6.45. The second kappa shape index (κ2) is 10.5. The van der Waals surface area contributed by atoms with Gasteiger partial charge in [0.1, 0.15) is 17.7 Å². The first kappa shape index (κ1) is 23.4. The second-order valence-electron chi connectivity index (χ2n) is 9.82. The van der Waals surface area contributed by atoms with Gasteiger partial charge in [0.2, 0.25) is 0 Å². The Kier molecular flexibility index (Phi) is 7.01. The highest BCUT2D eigenvalue weighted by molar-refractivity contribution is 5.66. The van der Waals surface area contributed by atoms with Gasteiger partial charge in [-0.25, -0.2) is 9.07 Å². The van der Waals surface area contributed by atoms with Gasteiger partial charge >= 0.3 is 0 Å². The third kappa shape index (κ3) is 5.33. The number of nitriles is 1. The van der Waals surface area contributed by atoms with E-state index in [4.69, 9.17) is 10.4 Å². The first-order valence-corrected chi connectivity index (χ1v) is 12.7.